The van der Waals surface area contributed by atoms with E-state index in [1.165, 1.54) is 19.1 Å². The maximum absolute atomic E-state index is 12.9. The van der Waals surface area contributed by atoms with E-state index in [9.17, 15) is 29.8 Å². The number of carbonyl (C=O) groups excluding carboxylic acids is 2. The molecule has 0 bridgehead atoms. The Labute approximate surface area is 194 Å². The predicted molar refractivity (Wildman–Crippen MR) is 116 cm³/mol. The number of methoxy groups -OCH3 is 1. The van der Waals surface area contributed by atoms with E-state index in [2.05, 4.69) is 10.5 Å². The van der Waals surface area contributed by atoms with Crippen molar-refractivity contribution in [3.05, 3.63) is 77.3 Å². The van der Waals surface area contributed by atoms with Crippen molar-refractivity contribution < 1.29 is 28.7 Å². The summed E-state index contributed by atoms with van der Waals surface area (Å²) in [5.74, 6) is -2.47. The van der Waals surface area contributed by atoms with Gasteiger partial charge in [-0.25, -0.2) is 4.79 Å². The van der Waals surface area contributed by atoms with Crippen molar-refractivity contribution in [3.63, 3.8) is 0 Å². The number of carbonyl (C=O) groups is 2. The molecule has 3 rings (SSSR count). The molecule has 0 atom stereocenters. The Morgan fingerprint density at radius 1 is 1.12 bits per heavy atom. The maximum Gasteiger partial charge on any atom is 0.345 e. The summed E-state index contributed by atoms with van der Waals surface area (Å²) in [5.41, 5.74) is -2.17. The number of nitro groups is 2. The molecule has 0 saturated heterocycles. The largest absolute Gasteiger partial charge is 0.465 e. The van der Waals surface area contributed by atoms with Crippen LogP contribution in [0.3, 0.4) is 0 Å². The first kappa shape index (κ1) is 23.6. The van der Waals surface area contributed by atoms with Gasteiger partial charge in [0, 0.05) is 17.2 Å². The zero-order valence-electron chi connectivity index (χ0n) is 16.8. The van der Waals surface area contributed by atoms with Gasteiger partial charge in [-0.05, 0) is 19.1 Å². The summed E-state index contributed by atoms with van der Waals surface area (Å²) in [7, 11) is 1.08. The summed E-state index contributed by atoms with van der Waals surface area (Å²) in [6, 6.07) is 6.13. The molecule has 0 fully saturated rings. The topological polar surface area (TPSA) is 168 Å². The average molecular weight is 495 g/mol. The molecule has 1 heterocycles. The highest BCUT2D eigenvalue weighted by Gasteiger charge is 2.31. The van der Waals surface area contributed by atoms with E-state index in [0.29, 0.717) is 0 Å². The second-order valence-electron chi connectivity index (χ2n) is 6.43. The second-order valence-corrected chi connectivity index (χ2v) is 7.24. The van der Waals surface area contributed by atoms with Gasteiger partial charge in [0.2, 0.25) is 5.88 Å². The monoisotopic (exact) mass is 494 g/mol. The SMILES string of the molecule is COC(=O)c1c(-c2c(Cl)cccc2Cl)noc1NC(=O)c1cc([N+](=O)[O-])cc([N+](=O)[O-])c1C. The van der Waals surface area contributed by atoms with Crippen molar-refractivity contribution in [1.29, 1.82) is 0 Å². The fraction of sp³-hybridized carbons (Fsp3) is 0.105. The van der Waals surface area contributed by atoms with Crippen molar-refractivity contribution in [2.24, 2.45) is 0 Å². The smallest absolute Gasteiger partial charge is 0.345 e. The Bertz CT molecular complexity index is 1300. The van der Waals surface area contributed by atoms with Crippen LogP contribution in [0.25, 0.3) is 11.3 Å². The molecule has 33 heavy (non-hydrogen) atoms. The zero-order chi connectivity index (χ0) is 24.4. The van der Waals surface area contributed by atoms with E-state index >= 15 is 0 Å². The van der Waals surface area contributed by atoms with Gasteiger partial charge in [0.05, 0.1) is 38.6 Å². The summed E-state index contributed by atoms with van der Waals surface area (Å²) in [4.78, 5) is 46.0. The molecule has 1 amide bonds. The van der Waals surface area contributed by atoms with Gasteiger partial charge in [0.1, 0.15) is 5.69 Å². The third kappa shape index (κ3) is 4.47. The molecule has 0 radical (unpaired) electrons. The molecule has 14 heteroatoms. The second kappa shape index (κ2) is 9.22. The van der Waals surface area contributed by atoms with Crippen LogP contribution in [-0.2, 0) is 4.74 Å². The molecule has 3 aromatic rings. The Balaban J connectivity index is 2.12. The number of anilines is 1. The first-order chi connectivity index (χ1) is 15.6. The fourth-order valence-electron chi connectivity index (χ4n) is 2.95. The van der Waals surface area contributed by atoms with Gasteiger partial charge in [-0.3, -0.25) is 30.3 Å². The number of esters is 1. The highest BCUT2D eigenvalue weighted by molar-refractivity contribution is 6.39. The van der Waals surface area contributed by atoms with Crippen molar-refractivity contribution in [1.82, 2.24) is 5.16 Å². The van der Waals surface area contributed by atoms with Crippen LogP contribution in [0.2, 0.25) is 10.0 Å². The summed E-state index contributed by atoms with van der Waals surface area (Å²) >= 11 is 12.4. The van der Waals surface area contributed by atoms with Gasteiger partial charge in [0.15, 0.2) is 5.56 Å². The van der Waals surface area contributed by atoms with Crippen molar-refractivity contribution in [3.8, 4) is 11.3 Å². The number of amides is 1. The minimum Gasteiger partial charge on any atom is -0.465 e. The van der Waals surface area contributed by atoms with Gasteiger partial charge >= 0.3 is 5.97 Å². The van der Waals surface area contributed by atoms with Gasteiger partial charge in [0.25, 0.3) is 17.3 Å². The highest BCUT2D eigenvalue weighted by Crippen LogP contribution is 2.39. The molecular formula is C19H12Cl2N4O8. The predicted octanol–water partition coefficient (Wildman–Crippen LogP) is 4.81. The Morgan fingerprint density at radius 3 is 2.30 bits per heavy atom. The highest BCUT2D eigenvalue weighted by atomic mass is 35.5. The molecule has 12 nitrogen and oxygen atoms in total. The third-order valence-corrected chi connectivity index (χ3v) is 5.16. The molecule has 1 aromatic heterocycles. The molecule has 0 aliphatic carbocycles. The number of aromatic nitrogens is 1. The average Bonchev–Trinajstić information content (AvgIpc) is 3.15. The van der Waals surface area contributed by atoms with E-state index < -0.39 is 39.0 Å². The van der Waals surface area contributed by atoms with Crippen LogP contribution in [0.15, 0.2) is 34.9 Å². The first-order valence-corrected chi connectivity index (χ1v) is 9.59. The van der Waals surface area contributed by atoms with Gasteiger partial charge in [-0.2, -0.15) is 0 Å². The third-order valence-electron chi connectivity index (χ3n) is 4.53. The number of benzene rings is 2. The van der Waals surface area contributed by atoms with Crippen LogP contribution in [0.1, 0.15) is 26.3 Å². The van der Waals surface area contributed by atoms with Gasteiger partial charge in [-0.15, -0.1) is 0 Å². The van der Waals surface area contributed by atoms with Gasteiger partial charge < -0.3 is 9.26 Å². The van der Waals surface area contributed by atoms with Crippen LogP contribution >= 0.6 is 23.2 Å². The van der Waals surface area contributed by atoms with Crippen LogP contribution in [-0.4, -0.2) is 34.0 Å². The zero-order valence-corrected chi connectivity index (χ0v) is 18.3. The van der Waals surface area contributed by atoms with Crippen LogP contribution in [0.5, 0.6) is 0 Å². The molecule has 0 unspecified atom stereocenters. The number of halogens is 2. The van der Waals surface area contributed by atoms with E-state index in [1.807, 2.05) is 0 Å². The lowest BCUT2D eigenvalue weighted by atomic mass is 10.0. The Kier molecular flexibility index (Phi) is 6.60. The number of rotatable bonds is 6. The minimum atomic E-state index is -1.03. The molecule has 1 N–H and O–H groups in total. The maximum atomic E-state index is 12.9. The fourth-order valence-corrected chi connectivity index (χ4v) is 3.52. The van der Waals surface area contributed by atoms with Crippen LogP contribution in [0.4, 0.5) is 17.3 Å². The molecule has 0 spiro atoms. The lowest BCUT2D eigenvalue weighted by Crippen LogP contribution is -2.16. The lowest BCUT2D eigenvalue weighted by Gasteiger charge is -2.08. The number of hydrogen-bond donors (Lipinski definition) is 1. The number of nitrogens with one attached hydrogen (secondary N) is 1. The lowest BCUT2D eigenvalue weighted by molar-refractivity contribution is -0.394. The van der Waals surface area contributed by atoms with Crippen molar-refractivity contribution in [2.45, 2.75) is 6.92 Å². The van der Waals surface area contributed by atoms with E-state index in [1.54, 1.807) is 6.07 Å². The molecule has 0 aliphatic heterocycles. The Hall–Kier alpha value is -4.03. The number of ether oxygens (including phenoxy) is 1. The summed E-state index contributed by atoms with van der Waals surface area (Å²) in [5, 5.41) is 28.7. The molecular weight excluding hydrogens is 483 g/mol. The summed E-state index contributed by atoms with van der Waals surface area (Å²) in [6.45, 7) is 1.24. The molecule has 2 aromatic carbocycles. The van der Waals surface area contributed by atoms with E-state index in [-0.39, 0.29) is 38.0 Å². The van der Waals surface area contributed by atoms with Gasteiger partial charge in [-0.1, -0.05) is 34.4 Å². The van der Waals surface area contributed by atoms with Crippen LogP contribution in [0, 0.1) is 27.2 Å². The standard InChI is InChI=1S/C19H12Cl2N4O8/c1-8-10(6-9(24(28)29)7-13(8)25(30)31)17(26)22-18-15(19(27)32-2)16(23-33-18)14-11(20)4-3-5-12(14)21/h3-7H,1-2H3,(H,22,26). The molecule has 0 saturated carbocycles. The molecule has 0 aliphatic rings. The first-order valence-electron chi connectivity index (χ1n) is 8.84. The number of hydrogen-bond acceptors (Lipinski definition) is 9. The summed E-state index contributed by atoms with van der Waals surface area (Å²) in [6.07, 6.45) is 0. The quantitative estimate of drug-likeness (QED) is 0.287. The van der Waals surface area contributed by atoms with Crippen molar-refractivity contribution in [2.75, 3.05) is 12.4 Å². The van der Waals surface area contributed by atoms with E-state index in [4.69, 9.17) is 32.5 Å². The molecule has 170 valence electrons. The van der Waals surface area contributed by atoms with E-state index in [0.717, 1.165) is 19.2 Å². The van der Waals surface area contributed by atoms with Crippen molar-refractivity contribution >= 4 is 52.3 Å². The normalized spacial score (nSPS) is 10.5. The number of non-ortho nitro benzene ring substituents is 1. The summed E-state index contributed by atoms with van der Waals surface area (Å²) < 4.78 is 9.84. The minimum absolute atomic E-state index is 0.129. The Morgan fingerprint density at radius 2 is 1.76 bits per heavy atom. The van der Waals surface area contributed by atoms with Crippen LogP contribution < -0.4 is 5.32 Å². The number of nitro benzene ring substituents is 2. The number of nitrogens with zero attached hydrogens (tertiary/aromatic N) is 3.